The van der Waals surface area contributed by atoms with Crippen LogP contribution in [-0.4, -0.2) is 13.1 Å². The summed E-state index contributed by atoms with van der Waals surface area (Å²) in [5.41, 5.74) is 8.38. The summed E-state index contributed by atoms with van der Waals surface area (Å²) < 4.78 is 14.8. The van der Waals surface area contributed by atoms with Gasteiger partial charge in [0.05, 0.1) is 8.07 Å². The molecule has 18 heavy (non-hydrogen) atoms. The van der Waals surface area contributed by atoms with Crippen molar-refractivity contribution < 1.29 is 4.39 Å². The van der Waals surface area contributed by atoms with E-state index in [2.05, 4.69) is 19.6 Å². The molecule has 0 unspecified atom stereocenters. The molecule has 4 heteroatoms. The molecule has 0 heterocycles. The zero-order valence-corrected chi connectivity index (χ0v) is 13.7. The molecule has 0 bridgehead atoms. The molecule has 1 aromatic carbocycles. The molecule has 0 atom stereocenters. The van der Waals surface area contributed by atoms with Gasteiger partial charge in [0.15, 0.2) is 0 Å². The molecule has 100 valence electrons. The van der Waals surface area contributed by atoms with E-state index in [9.17, 15) is 4.39 Å². The van der Waals surface area contributed by atoms with Crippen LogP contribution in [0.2, 0.25) is 19.6 Å². The Hall–Kier alpha value is -0.743. The number of rotatable bonds is 4. The highest BCUT2D eigenvalue weighted by atomic mass is 32.1. The summed E-state index contributed by atoms with van der Waals surface area (Å²) in [6, 6.07) is 2.00. The fraction of sp³-hybridized carbons (Fsp3) is 0.500. The summed E-state index contributed by atoms with van der Waals surface area (Å²) in [5, 5.41) is 0.782. The number of hydrogen-bond donors (Lipinski definition) is 1. The molecular formula is C14H22FNSSi. The van der Waals surface area contributed by atoms with Gasteiger partial charge in [-0.05, 0) is 35.2 Å². The normalized spacial score (nSPS) is 11.7. The molecule has 0 aliphatic heterocycles. The maximum absolute atomic E-state index is 14.8. The first kappa shape index (κ1) is 15.3. The fourth-order valence-corrected chi connectivity index (χ4v) is 4.44. The third-order valence-corrected chi connectivity index (χ3v) is 5.42. The first-order valence-electron chi connectivity index (χ1n) is 6.38. The smallest absolute Gasteiger partial charge is 0.126 e. The Morgan fingerprint density at radius 1 is 1.28 bits per heavy atom. The van der Waals surface area contributed by atoms with E-state index in [-0.39, 0.29) is 5.82 Å². The van der Waals surface area contributed by atoms with Gasteiger partial charge >= 0.3 is 0 Å². The van der Waals surface area contributed by atoms with Crippen molar-refractivity contribution in [2.24, 2.45) is 5.73 Å². The first-order chi connectivity index (χ1) is 8.23. The maximum atomic E-state index is 14.8. The molecule has 1 nitrogen and oxygen atoms in total. The Morgan fingerprint density at radius 3 is 2.17 bits per heavy atom. The minimum absolute atomic E-state index is 0.0705. The Kier molecular flexibility index (Phi) is 4.67. The highest BCUT2D eigenvalue weighted by molar-refractivity contribution is 7.80. The molecule has 0 amide bonds. The van der Waals surface area contributed by atoms with Crippen LogP contribution in [0, 0.1) is 5.82 Å². The van der Waals surface area contributed by atoms with Crippen LogP contribution < -0.4 is 10.9 Å². The van der Waals surface area contributed by atoms with Gasteiger partial charge in [0, 0.05) is 5.56 Å². The van der Waals surface area contributed by atoms with E-state index in [0.29, 0.717) is 11.4 Å². The molecular weight excluding hydrogens is 261 g/mol. The predicted molar refractivity (Wildman–Crippen MR) is 84.0 cm³/mol. The maximum Gasteiger partial charge on any atom is 0.126 e. The van der Waals surface area contributed by atoms with E-state index < -0.39 is 8.07 Å². The molecule has 0 spiro atoms. The minimum Gasteiger partial charge on any atom is -0.389 e. The molecule has 0 aromatic heterocycles. The van der Waals surface area contributed by atoms with Gasteiger partial charge in [-0.3, -0.25) is 0 Å². The summed E-state index contributed by atoms with van der Waals surface area (Å²) in [5.74, 6) is -0.0705. The number of hydrogen-bond acceptors (Lipinski definition) is 1. The van der Waals surface area contributed by atoms with Crippen LogP contribution in [-0.2, 0) is 12.8 Å². The monoisotopic (exact) mass is 283 g/mol. The Morgan fingerprint density at radius 2 is 1.83 bits per heavy atom. The topological polar surface area (TPSA) is 26.0 Å². The summed E-state index contributed by atoms with van der Waals surface area (Å²) in [6.45, 7) is 10.4. The highest BCUT2D eigenvalue weighted by Gasteiger charge is 2.28. The zero-order chi connectivity index (χ0) is 14.1. The molecule has 2 N–H and O–H groups in total. The van der Waals surface area contributed by atoms with Gasteiger partial charge in [-0.2, -0.15) is 0 Å². The molecule has 1 rings (SSSR count). The van der Waals surface area contributed by atoms with E-state index in [4.69, 9.17) is 18.0 Å². The number of benzene rings is 1. The van der Waals surface area contributed by atoms with Crippen LogP contribution >= 0.6 is 12.2 Å². The van der Waals surface area contributed by atoms with E-state index >= 15 is 0 Å². The summed E-state index contributed by atoms with van der Waals surface area (Å²) in [7, 11) is -1.81. The second-order valence-corrected chi connectivity index (χ2v) is 11.0. The van der Waals surface area contributed by atoms with Gasteiger partial charge in [-0.25, -0.2) is 4.39 Å². The Balaban J connectivity index is 3.72. The third-order valence-electron chi connectivity index (χ3n) is 3.21. The quantitative estimate of drug-likeness (QED) is 0.678. The standard InChI is InChI=1S/C14H22FNSSi/c1-6-9-8-11(14(16)17)13(18(3,4)5)12(15)10(9)7-2/h8H,6-7H2,1-5H3,(H2,16,17). The molecule has 0 aliphatic rings. The summed E-state index contributed by atoms with van der Waals surface area (Å²) in [4.78, 5) is 0.309. The number of halogens is 1. The van der Waals surface area contributed by atoms with Crippen LogP contribution in [0.3, 0.4) is 0 Å². The van der Waals surface area contributed by atoms with E-state index in [1.165, 1.54) is 0 Å². The van der Waals surface area contributed by atoms with E-state index in [1.54, 1.807) is 0 Å². The molecule has 0 radical (unpaired) electrons. The lowest BCUT2D eigenvalue weighted by atomic mass is 9.99. The minimum atomic E-state index is -1.81. The zero-order valence-electron chi connectivity index (χ0n) is 11.9. The van der Waals surface area contributed by atoms with Crippen LogP contribution in [0.5, 0.6) is 0 Å². The predicted octanol–water partition coefficient (Wildman–Crippen LogP) is 3.13. The molecule has 0 aliphatic carbocycles. The van der Waals surface area contributed by atoms with Crippen LogP contribution in [0.4, 0.5) is 4.39 Å². The second-order valence-electron chi connectivity index (χ2n) is 5.57. The average molecular weight is 283 g/mol. The SMILES string of the molecule is CCc1cc(C(N)=S)c([Si](C)(C)C)c(F)c1CC. The largest absolute Gasteiger partial charge is 0.389 e. The summed E-state index contributed by atoms with van der Waals surface area (Å²) >= 11 is 5.10. The van der Waals surface area contributed by atoms with Gasteiger partial charge in [-0.15, -0.1) is 0 Å². The van der Waals surface area contributed by atoms with Crippen molar-refractivity contribution in [3.63, 3.8) is 0 Å². The molecule has 1 aromatic rings. The van der Waals surface area contributed by atoms with Crippen LogP contribution in [0.15, 0.2) is 6.07 Å². The van der Waals surface area contributed by atoms with Crippen molar-refractivity contribution >= 4 is 30.5 Å². The highest BCUT2D eigenvalue weighted by Crippen LogP contribution is 2.20. The third kappa shape index (κ3) is 2.80. The van der Waals surface area contributed by atoms with Crippen LogP contribution in [0.1, 0.15) is 30.5 Å². The lowest BCUT2D eigenvalue weighted by Gasteiger charge is -2.24. The lowest BCUT2D eigenvalue weighted by molar-refractivity contribution is 0.616. The summed E-state index contributed by atoms with van der Waals surface area (Å²) in [6.07, 6.45) is 1.52. The average Bonchev–Trinajstić information content (AvgIpc) is 2.25. The Labute approximate surface area is 116 Å². The van der Waals surface area contributed by atoms with Crippen molar-refractivity contribution in [3.8, 4) is 0 Å². The molecule has 0 fully saturated rings. The van der Waals surface area contributed by atoms with Crippen molar-refractivity contribution in [1.82, 2.24) is 0 Å². The second kappa shape index (κ2) is 5.49. The van der Waals surface area contributed by atoms with Crippen molar-refractivity contribution in [3.05, 3.63) is 28.6 Å². The van der Waals surface area contributed by atoms with Gasteiger partial charge < -0.3 is 5.73 Å². The van der Waals surface area contributed by atoms with Crippen molar-refractivity contribution in [2.45, 2.75) is 46.3 Å². The molecule has 0 saturated carbocycles. The molecule has 0 saturated heterocycles. The van der Waals surface area contributed by atoms with Crippen LogP contribution in [0.25, 0.3) is 0 Å². The van der Waals surface area contributed by atoms with Gasteiger partial charge in [0.25, 0.3) is 0 Å². The number of thiocarbonyl (C=S) groups is 1. The van der Waals surface area contributed by atoms with E-state index in [0.717, 1.165) is 28.3 Å². The lowest BCUT2D eigenvalue weighted by Crippen LogP contribution is -2.45. The van der Waals surface area contributed by atoms with Gasteiger partial charge in [0.2, 0.25) is 0 Å². The fourth-order valence-electron chi connectivity index (χ4n) is 2.37. The number of aryl methyl sites for hydroxylation is 1. The Bertz CT molecular complexity index is 478. The van der Waals surface area contributed by atoms with Crippen molar-refractivity contribution in [2.75, 3.05) is 0 Å². The first-order valence-corrected chi connectivity index (χ1v) is 10.3. The van der Waals surface area contributed by atoms with Gasteiger partial charge in [-0.1, -0.05) is 45.7 Å². The van der Waals surface area contributed by atoms with Gasteiger partial charge in [0.1, 0.15) is 10.8 Å². The van der Waals surface area contributed by atoms with Crippen molar-refractivity contribution in [1.29, 1.82) is 0 Å². The van der Waals surface area contributed by atoms with E-state index in [1.807, 2.05) is 19.9 Å². The number of nitrogens with two attached hydrogens (primary N) is 1.